The summed E-state index contributed by atoms with van der Waals surface area (Å²) in [6.45, 7) is 1.04. The average molecular weight is 1050 g/mol. The van der Waals surface area contributed by atoms with Crippen molar-refractivity contribution in [1.82, 2.24) is 0 Å². The molecule has 0 fully saturated rings. The molecule has 0 aliphatic carbocycles. The smallest absolute Gasteiger partial charge is 0.338 e. The van der Waals surface area contributed by atoms with Gasteiger partial charge in [-0.25, -0.2) is 4.79 Å². The van der Waals surface area contributed by atoms with Crippen molar-refractivity contribution >= 4 is 17.9 Å². The fourth-order valence-electron chi connectivity index (χ4n) is 10.4. The molecule has 3 aromatic carbocycles. The number of aromatic hydroxyl groups is 6. The van der Waals surface area contributed by atoms with Gasteiger partial charge in [-0.3, -0.25) is 9.59 Å². The zero-order valence-corrected chi connectivity index (χ0v) is 43.7. The monoisotopic (exact) mass is 1050 g/mol. The Labute approximate surface area is 441 Å². The van der Waals surface area contributed by atoms with Crippen molar-refractivity contribution in [2.45, 2.75) is 224 Å². The maximum Gasteiger partial charge on any atom is 0.338 e. The van der Waals surface area contributed by atoms with Crippen LogP contribution >= 0.6 is 0 Å². The van der Waals surface area contributed by atoms with Gasteiger partial charge in [0.15, 0.2) is 53.2 Å². The first kappa shape index (κ1) is 58.5. The van der Waals surface area contributed by atoms with E-state index in [1.165, 1.54) is 69.9 Å². The molecule has 75 heavy (non-hydrogen) atoms. The second-order valence-electron chi connectivity index (χ2n) is 20.6. The lowest BCUT2D eigenvalue weighted by molar-refractivity contribution is -0.138. The summed E-state index contributed by atoms with van der Waals surface area (Å²) in [4.78, 5) is 35.1. The molecular weight excluding hydrogens is 969 g/mol. The van der Waals surface area contributed by atoms with Crippen molar-refractivity contribution in [2.24, 2.45) is 0 Å². The van der Waals surface area contributed by atoms with Crippen LogP contribution in [0.4, 0.5) is 0 Å². The summed E-state index contributed by atoms with van der Waals surface area (Å²) in [7, 11) is 0. The van der Waals surface area contributed by atoms with Crippen LogP contribution < -0.4 is 14.2 Å². The Balaban J connectivity index is 1.08. The fourth-order valence-corrected chi connectivity index (χ4v) is 10.4. The van der Waals surface area contributed by atoms with Gasteiger partial charge in [-0.15, -0.1) is 0 Å². The minimum Gasteiger partial charge on any atom is -0.504 e. The molecule has 3 aliphatic heterocycles. The third-order valence-electron chi connectivity index (χ3n) is 14.6. The van der Waals surface area contributed by atoms with Gasteiger partial charge >= 0.3 is 17.9 Å². The number of hydrogen-bond acceptors (Lipinski definition) is 15. The van der Waals surface area contributed by atoms with Gasteiger partial charge in [0.1, 0.15) is 23.4 Å². The minimum atomic E-state index is -1.16. The maximum atomic E-state index is 13.8. The van der Waals surface area contributed by atoms with Gasteiger partial charge < -0.3 is 69.3 Å². The first-order valence-corrected chi connectivity index (χ1v) is 27.9. The summed E-state index contributed by atoms with van der Waals surface area (Å²) in [5.41, 5.74) is 2.10. The summed E-state index contributed by atoms with van der Waals surface area (Å²) in [6, 6.07) is 4.35. The zero-order valence-electron chi connectivity index (χ0n) is 43.7. The lowest BCUT2D eigenvalue weighted by atomic mass is 9.86. The van der Waals surface area contributed by atoms with Crippen molar-refractivity contribution in [3.05, 3.63) is 52.1 Å². The number of hydrogen-bond donors (Lipinski definition) is 8. The number of rotatable bonds is 35. The van der Waals surface area contributed by atoms with Gasteiger partial charge in [0.25, 0.3) is 0 Å². The van der Waals surface area contributed by atoms with E-state index in [2.05, 4.69) is 0 Å². The van der Waals surface area contributed by atoms with E-state index < -0.39 is 77.2 Å². The molecule has 3 aliphatic rings. The van der Waals surface area contributed by atoms with Crippen LogP contribution in [0, 0.1) is 0 Å². The predicted molar refractivity (Wildman–Crippen MR) is 278 cm³/mol. The Bertz CT molecular complexity index is 2250. The van der Waals surface area contributed by atoms with E-state index in [-0.39, 0.29) is 30.4 Å². The Morgan fingerprint density at radius 3 is 1.20 bits per heavy atom. The van der Waals surface area contributed by atoms with Crippen LogP contribution in [-0.4, -0.2) is 90.7 Å². The van der Waals surface area contributed by atoms with E-state index in [1.54, 1.807) is 0 Å². The topological polar surface area (TPSA) is 268 Å². The molecule has 0 bridgehead atoms. The molecule has 0 amide bonds. The Morgan fingerprint density at radius 2 is 0.800 bits per heavy atom. The van der Waals surface area contributed by atoms with Crippen LogP contribution in [0.3, 0.4) is 0 Å². The SMILES string of the molecule is O=C(O)CCCCCCCCCCCCCCOC1CCc2c(c3c(c4c2O[C@H](c2cc(O)c(O)c(O)c2)[C@H](OC(=O)c2cc(O)c(O)c(O)c2)C4)OC(OCCCCCCCCCCCCCCC(=O)O)CC3)O1. The number of esters is 1. The van der Waals surface area contributed by atoms with Crippen LogP contribution in [0.25, 0.3) is 0 Å². The molecule has 416 valence electrons. The highest BCUT2D eigenvalue weighted by molar-refractivity contribution is 5.91. The summed E-state index contributed by atoms with van der Waals surface area (Å²) in [6.07, 6.45) is 25.2. The molecule has 0 aromatic heterocycles. The van der Waals surface area contributed by atoms with Crippen molar-refractivity contribution in [1.29, 1.82) is 0 Å². The van der Waals surface area contributed by atoms with Gasteiger partial charge in [-0.2, -0.15) is 0 Å². The zero-order chi connectivity index (χ0) is 53.5. The lowest BCUT2D eigenvalue weighted by Crippen LogP contribution is -2.38. The number of carbonyl (C=O) groups is 3. The normalized spacial score (nSPS) is 17.7. The standard InChI is InChI=1S/C58H82O17/c59-43-33-38(34-44(60)52(43)67)54-47(72-58(69)39-35-45(61)53(68)46(62)36-39)37-42-56-40(27-29-51(74-56)71-32-24-20-16-12-8-4-2-6-10-14-18-22-26-49(65)66)55-41(57(42)75-54)28-30-50(73-55)70-31-23-19-15-11-7-3-1-5-9-13-17-21-25-48(63)64/h33-36,47,50-51,54,59-62,67-68H,1-32,37H2,(H,63,64)(H,65,66)/t47-,50?,51?,54-/m1/s1. The number of carbonyl (C=O) groups excluding carboxylic acids is 1. The highest BCUT2D eigenvalue weighted by atomic mass is 16.7. The highest BCUT2D eigenvalue weighted by Gasteiger charge is 2.43. The molecule has 4 atom stereocenters. The van der Waals surface area contributed by atoms with E-state index in [9.17, 15) is 45.0 Å². The largest absolute Gasteiger partial charge is 0.504 e. The molecule has 2 unspecified atom stereocenters. The molecule has 8 N–H and O–H groups in total. The van der Waals surface area contributed by atoms with Crippen LogP contribution in [0.1, 0.15) is 218 Å². The molecule has 17 heteroatoms. The number of ether oxygens (including phenoxy) is 6. The van der Waals surface area contributed by atoms with E-state index in [4.69, 9.17) is 38.6 Å². The van der Waals surface area contributed by atoms with Gasteiger partial charge in [0.05, 0.1) is 18.8 Å². The molecule has 0 saturated carbocycles. The number of aliphatic carboxylic acids is 2. The molecule has 0 spiro atoms. The minimum absolute atomic E-state index is 0.0232. The van der Waals surface area contributed by atoms with E-state index in [0.717, 1.165) is 120 Å². The summed E-state index contributed by atoms with van der Waals surface area (Å²) in [5.74, 6) is -5.16. The number of carboxylic acid groups (broad SMARTS) is 2. The van der Waals surface area contributed by atoms with Gasteiger partial charge in [-0.05, 0) is 62.8 Å². The first-order chi connectivity index (χ1) is 36.3. The second kappa shape index (κ2) is 30.7. The van der Waals surface area contributed by atoms with Gasteiger partial charge in [-0.1, -0.05) is 128 Å². The van der Waals surface area contributed by atoms with Gasteiger partial charge in [0, 0.05) is 54.4 Å². The quantitative estimate of drug-likeness (QED) is 0.0155. The molecule has 17 nitrogen and oxygen atoms in total. The van der Waals surface area contributed by atoms with Crippen LogP contribution in [-0.2, 0) is 43.1 Å². The van der Waals surface area contributed by atoms with Gasteiger partial charge in [0.2, 0.25) is 0 Å². The maximum absolute atomic E-state index is 13.8. The summed E-state index contributed by atoms with van der Waals surface area (Å²) < 4.78 is 39.0. The molecule has 6 rings (SSSR count). The summed E-state index contributed by atoms with van der Waals surface area (Å²) >= 11 is 0. The number of phenolic OH excluding ortho intramolecular Hbond substituents is 6. The van der Waals surface area contributed by atoms with Crippen molar-refractivity contribution in [3.8, 4) is 51.7 Å². The Hall–Kier alpha value is -5.81. The molecule has 0 saturated heterocycles. The molecule has 0 radical (unpaired) electrons. The van der Waals surface area contributed by atoms with E-state index in [1.807, 2.05) is 0 Å². The van der Waals surface area contributed by atoms with E-state index >= 15 is 0 Å². The van der Waals surface area contributed by atoms with Crippen molar-refractivity contribution in [2.75, 3.05) is 13.2 Å². The van der Waals surface area contributed by atoms with Crippen molar-refractivity contribution < 1.29 is 83.7 Å². The molecular formula is C58H82O17. The highest BCUT2D eigenvalue weighted by Crippen LogP contribution is 2.54. The van der Waals surface area contributed by atoms with E-state index in [0.29, 0.717) is 61.7 Å². The second-order valence-corrected chi connectivity index (χ2v) is 20.6. The van der Waals surface area contributed by atoms with Crippen molar-refractivity contribution in [3.63, 3.8) is 0 Å². The molecule has 3 heterocycles. The first-order valence-electron chi connectivity index (χ1n) is 27.9. The third-order valence-corrected chi connectivity index (χ3v) is 14.6. The number of unbranched alkanes of at least 4 members (excludes halogenated alkanes) is 22. The van der Waals surface area contributed by atoms with Crippen LogP contribution in [0.5, 0.6) is 51.7 Å². The number of phenols is 6. The third kappa shape index (κ3) is 18.2. The van der Waals surface area contributed by atoms with Crippen LogP contribution in [0.15, 0.2) is 24.3 Å². The number of benzene rings is 3. The van der Waals surface area contributed by atoms with Crippen LogP contribution in [0.2, 0.25) is 0 Å². The fraction of sp³-hybridized carbons (Fsp3) is 0.638. The Kier molecular flexibility index (Phi) is 23.9. The number of fused-ring (bicyclic) bond motifs is 6. The average Bonchev–Trinajstić information content (AvgIpc) is 3.38. The Morgan fingerprint density at radius 1 is 0.453 bits per heavy atom. The lowest BCUT2D eigenvalue weighted by Gasteiger charge is -2.40. The summed E-state index contributed by atoms with van der Waals surface area (Å²) in [5, 5.41) is 79.5. The molecule has 3 aromatic rings. The predicted octanol–water partition coefficient (Wildman–Crippen LogP) is 12.5. The number of carboxylic acids is 2.